The zero-order chi connectivity index (χ0) is 17.6. The summed E-state index contributed by atoms with van der Waals surface area (Å²) in [6.07, 6.45) is 12.6. The van der Waals surface area contributed by atoms with Gasteiger partial charge in [-0.2, -0.15) is 0 Å². The fourth-order valence-electron chi connectivity index (χ4n) is 3.85. The molecule has 0 N–H and O–H groups in total. The summed E-state index contributed by atoms with van der Waals surface area (Å²) in [6.45, 7) is 2.13. The van der Waals surface area contributed by atoms with Crippen molar-refractivity contribution >= 4 is 23.2 Å². The van der Waals surface area contributed by atoms with Crippen molar-refractivity contribution in [3.8, 4) is 11.1 Å². The maximum Gasteiger partial charge on any atom is 0.0598 e. The van der Waals surface area contributed by atoms with E-state index in [1.165, 1.54) is 49.7 Å². The van der Waals surface area contributed by atoms with Gasteiger partial charge in [0.25, 0.3) is 0 Å². The SMILES string of the molecule is C/C=C/[C@H]1CC[C@H](CCc2ccc(-c3ccc(Cl)c(Cl)c3)cc2)CC1. The van der Waals surface area contributed by atoms with Gasteiger partial charge in [-0.3, -0.25) is 0 Å². The maximum absolute atomic E-state index is 6.12. The Hall–Kier alpha value is -1.24. The normalized spacial score (nSPS) is 20.9. The highest BCUT2D eigenvalue weighted by molar-refractivity contribution is 6.42. The molecule has 0 amide bonds. The van der Waals surface area contributed by atoms with Gasteiger partial charge in [0.05, 0.1) is 10.0 Å². The second kappa shape index (κ2) is 8.92. The first-order valence-corrected chi connectivity index (χ1v) is 10.1. The lowest BCUT2D eigenvalue weighted by molar-refractivity contribution is 0.296. The molecule has 0 atom stereocenters. The lowest BCUT2D eigenvalue weighted by atomic mass is 9.79. The summed E-state index contributed by atoms with van der Waals surface area (Å²) in [7, 11) is 0. The van der Waals surface area contributed by atoms with Crippen LogP contribution in [0.3, 0.4) is 0 Å². The minimum Gasteiger partial charge on any atom is -0.0914 e. The van der Waals surface area contributed by atoms with E-state index >= 15 is 0 Å². The molecule has 2 aromatic rings. The standard InChI is InChI=1S/C23H26Cl2/c1-2-3-17-4-6-18(7-5-17)8-9-19-10-12-20(13-11-19)21-14-15-22(24)23(25)16-21/h2-3,10-18H,4-9H2,1H3/b3-2+/t17-,18-. The molecule has 2 aromatic carbocycles. The molecule has 0 unspecified atom stereocenters. The zero-order valence-corrected chi connectivity index (χ0v) is 16.4. The summed E-state index contributed by atoms with van der Waals surface area (Å²) in [5.41, 5.74) is 3.73. The van der Waals surface area contributed by atoms with Gasteiger partial charge in [0.15, 0.2) is 0 Å². The molecule has 0 nitrogen and oxygen atoms in total. The van der Waals surface area contributed by atoms with E-state index in [0.29, 0.717) is 10.0 Å². The van der Waals surface area contributed by atoms with Gasteiger partial charge in [-0.05, 0) is 86.1 Å². The molecule has 1 saturated carbocycles. The Kier molecular flexibility index (Phi) is 6.62. The van der Waals surface area contributed by atoms with E-state index in [0.717, 1.165) is 17.4 Å². The third-order valence-electron chi connectivity index (χ3n) is 5.40. The van der Waals surface area contributed by atoms with Crippen molar-refractivity contribution in [3.63, 3.8) is 0 Å². The fraction of sp³-hybridized carbons (Fsp3) is 0.391. The Morgan fingerprint density at radius 3 is 2.20 bits per heavy atom. The summed E-state index contributed by atoms with van der Waals surface area (Å²) >= 11 is 12.1. The highest BCUT2D eigenvalue weighted by atomic mass is 35.5. The molecule has 0 radical (unpaired) electrons. The van der Waals surface area contributed by atoms with Crippen molar-refractivity contribution in [2.75, 3.05) is 0 Å². The number of hydrogen-bond acceptors (Lipinski definition) is 0. The van der Waals surface area contributed by atoms with E-state index < -0.39 is 0 Å². The van der Waals surface area contributed by atoms with Crippen LogP contribution >= 0.6 is 23.2 Å². The average Bonchev–Trinajstić information content (AvgIpc) is 2.64. The van der Waals surface area contributed by atoms with Crippen molar-refractivity contribution in [3.05, 3.63) is 70.2 Å². The van der Waals surface area contributed by atoms with Crippen LogP contribution in [0.25, 0.3) is 11.1 Å². The smallest absolute Gasteiger partial charge is 0.0598 e. The van der Waals surface area contributed by atoms with Gasteiger partial charge in [0.2, 0.25) is 0 Å². The number of rotatable bonds is 5. The predicted octanol–water partition coefficient (Wildman–Crippen LogP) is 7.98. The molecule has 132 valence electrons. The van der Waals surface area contributed by atoms with E-state index in [1.54, 1.807) is 0 Å². The van der Waals surface area contributed by atoms with Crippen molar-refractivity contribution in [2.45, 2.75) is 45.4 Å². The zero-order valence-electron chi connectivity index (χ0n) is 14.8. The molecular formula is C23H26Cl2. The number of allylic oxidation sites excluding steroid dienone is 2. The maximum atomic E-state index is 6.12. The van der Waals surface area contributed by atoms with E-state index in [1.807, 2.05) is 18.2 Å². The van der Waals surface area contributed by atoms with Crippen LogP contribution < -0.4 is 0 Å². The van der Waals surface area contributed by atoms with Crippen LogP contribution in [0.1, 0.15) is 44.6 Å². The van der Waals surface area contributed by atoms with Crippen LogP contribution in [0.5, 0.6) is 0 Å². The Bertz CT molecular complexity index is 707. The van der Waals surface area contributed by atoms with Gasteiger partial charge in [-0.25, -0.2) is 0 Å². The Morgan fingerprint density at radius 1 is 0.880 bits per heavy atom. The summed E-state index contributed by atoms with van der Waals surface area (Å²) in [5.74, 6) is 1.72. The second-order valence-electron chi connectivity index (χ2n) is 7.17. The van der Waals surface area contributed by atoms with Crippen LogP contribution in [0.15, 0.2) is 54.6 Å². The van der Waals surface area contributed by atoms with Crippen molar-refractivity contribution in [2.24, 2.45) is 11.8 Å². The molecule has 0 aromatic heterocycles. The first-order chi connectivity index (χ1) is 12.2. The predicted molar refractivity (Wildman–Crippen MR) is 110 cm³/mol. The first-order valence-electron chi connectivity index (χ1n) is 9.33. The topological polar surface area (TPSA) is 0 Å². The summed E-state index contributed by atoms with van der Waals surface area (Å²) < 4.78 is 0. The van der Waals surface area contributed by atoms with Gasteiger partial charge in [-0.1, -0.05) is 65.7 Å². The van der Waals surface area contributed by atoms with Crippen molar-refractivity contribution in [1.29, 1.82) is 0 Å². The van der Waals surface area contributed by atoms with Crippen LogP contribution in [-0.2, 0) is 6.42 Å². The lowest BCUT2D eigenvalue weighted by Crippen LogP contribution is -2.13. The van der Waals surface area contributed by atoms with Gasteiger partial charge < -0.3 is 0 Å². The molecule has 1 aliphatic carbocycles. The molecule has 2 heteroatoms. The quantitative estimate of drug-likeness (QED) is 0.466. The van der Waals surface area contributed by atoms with Crippen LogP contribution in [0.2, 0.25) is 10.0 Å². The van der Waals surface area contributed by atoms with Gasteiger partial charge in [0.1, 0.15) is 0 Å². The molecule has 3 rings (SSSR count). The monoisotopic (exact) mass is 372 g/mol. The Balaban J connectivity index is 1.54. The van der Waals surface area contributed by atoms with Crippen LogP contribution in [0, 0.1) is 11.8 Å². The average molecular weight is 373 g/mol. The van der Waals surface area contributed by atoms with Crippen LogP contribution in [0.4, 0.5) is 0 Å². The summed E-state index contributed by atoms with van der Waals surface area (Å²) in [4.78, 5) is 0. The first kappa shape index (κ1) is 18.5. The van der Waals surface area contributed by atoms with E-state index in [-0.39, 0.29) is 0 Å². The summed E-state index contributed by atoms with van der Waals surface area (Å²) in [5, 5.41) is 1.21. The molecule has 1 fully saturated rings. The second-order valence-corrected chi connectivity index (χ2v) is 7.99. The number of halogens is 2. The van der Waals surface area contributed by atoms with Gasteiger partial charge >= 0.3 is 0 Å². The number of aryl methyl sites for hydroxylation is 1. The van der Waals surface area contributed by atoms with Gasteiger partial charge in [-0.15, -0.1) is 0 Å². The molecule has 25 heavy (non-hydrogen) atoms. The van der Waals surface area contributed by atoms with E-state index in [2.05, 4.69) is 43.3 Å². The highest BCUT2D eigenvalue weighted by Crippen LogP contribution is 2.33. The Morgan fingerprint density at radius 2 is 1.56 bits per heavy atom. The summed E-state index contributed by atoms with van der Waals surface area (Å²) in [6, 6.07) is 14.7. The Labute approximate surface area is 161 Å². The fourth-order valence-corrected chi connectivity index (χ4v) is 4.15. The largest absolute Gasteiger partial charge is 0.0914 e. The van der Waals surface area contributed by atoms with E-state index in [4.69, 9.17) is 23.2 Å². The number of hydrogen-bond donors (Lipinski definition) is 0. The number of benzene rings is 2. The van der Waals surface area contributed by atoms with E-state index in [9.17, 15) is 0 Å². The molecule has 1 aliphatic rings. The molecule has 0 spiro atoms. The third-order valence-corrected chi connectivity index (χ3v) is 6.14. The van der Waals surface area contributed by atoms with Crippen molar-refractivity contribution < 1.29 is 0 Å². The van der Waals surface area contributed by atoms with Gasteiger partial charge in [0, 0.05) is 0 Å². The third kappa shape index (κ3) is 5.12. The minimum atomic E-state index is 0.603. The lowest BCUT2D eigenvalue weighted by Gasteiger charge is -2.26. The molecule has 0 saturated heterocycles. The highest BCUT2D eigenvalue weighted by Gasteiger charge is 2.19. The molecule has 0 heterocycles. The molecule has 0 bridgehead atoms. The molecular weight excluding hydrogens is 347 g/mol. The van der Waals surface area contributed by atoms with Crippen molar-refractivity contribution in [1.82, 2.24) is 0 Å². The molecule has 0 aliphatic heterocycles. The minimum absolute atomic E-state index is 0.603. The van der Waals surface area contributed by atoms with Crippen LogP contribution in [-0.4, -0.2) is 0 Å².